The van der Waals surface area contributed by atoms with Crippen LogP contribution in [0, 0.1) is 5.92 Å². The average Bonchev–Trinajstić information content (AvgIpc) is 3.17. The third-order valence-electron chi connectivity index (χ3n) is 5.34. The number of aliphatic carboxylic acids is 1. The molecule has 9 N–H and O–H groups in total. The predicted octanol–water partition coefficient (Wildman–Crippen LogP) is 0.196. The summed E-state index contributed by atoms with van der Waals surface area (Å²) in [5.74, 6) is -2.51. The number of fused-ring (bicyclic) bond motifs is 1. The summed E-state index contributed by atoms with van der Waals surface area (Å²) in [4.78, 5) is 51.2. The minimum atomic E-state index is -1.22. The van der Waals surface area contributed by atoms with E-state index in [1.165, 1.54) is 0 Å². The largest absolute Gasteiger partial charge is 0.480 e. The molecule has 0 saturated carbocycles. The maximum absolute atomic E-state index is 13.1. The topological polar surface area (TPSA) is 192 Å². The lowest BCUT2D eigenvalue weighted by Gasteiger charge is -2.24. The van der Waals surface area contributed by atoms with Crippen LogP contribution in [0.4, 0.5) is 4.79 Å². The van der Waals surface area contributed by atoms with Crippen LogP contribution in [0.3, 0.4) is 0 Å². The number of rotatable bonds is 12. The van der Waals surface area contributed by atoms with Gasteiger partial charge in [0.05, 0.1) is 6.04 Å². The van der Waals surface area contributed by atoms with Crippen molar-refractivity contribution in [2.45, 2.75) is 51.2 Å². The lowest BCUT2D eigenvalue weighted by molar-refractivity contribution is -0.142. The second-order valence-electron chi connectivity index (χ2n) is 8.23. The summed E-state index contributed by atoms with van der Waals surface area (Å²) in [6.07, 6.45) is 2.25. The van der Waals surface area contributed by atoms with Crippen molar-refractivity contribution < 1.29 is 24.3 Å². The molecule has 0 unspecified atom stereocenters. The molecule has 11 nitrogen and oxygen atoms in total. The van der Waals surface area contributed by atoms with E-state index in [0.717, 1.165) is 16.5 Å². The van der Waals surface area contributed by atoms with Crippen LogP contribution in [0.5, 0.6) is 0 Å². The van der Waals surface area contributed by atoms with Gasteiger partial charge in [0.1, 0.15) is 12.1 Å². The van der Waals surface area contributed by atoms with E-state index < -0.39 is 41.9 Å². The second kappa shape index (κ2) is 11.9. The Bertz CT molecular complexity index is 989. The summed E-state index contributed by atoms with van der Waals surface area (Å²) in [7, 11) is 0. The molecular weight excluding hydrogens is 428 g/mol. The summed E-state index contributed by atoms with van der Waals surface area (Å²) in [6.45, 7) is 3.76. The minimum Gasteiger partial charge on any atom is -0.480 e. The molecule has 0 radical (unpaired) electrons. The first kappa shape index (κ1) is 25.7. The Morgan fingerprint density at radius 3 is 2.36 bits per heavy atom. The number of nitrogens with two attached hydrogens (primary N) is 2. The number of H-pyrrole nitrogens is 1. The van der Waals surface area contributed by atoms with Gasteiger partial charge in [-0.05, 0) is 30.4 Å². The number of aromatic nitrogens is 1. The zero-order chi connectivity index (χ0) is 24.5. The van der Waals surface area contributed by atoms with Gasteiger partial charge in [0.15, 0.2) is 0 Å². The molecule has 2 aromatic rings. The monoisotopic (exact) mass is 460 g/mol. The molecule has 11 heteroatoms. The number of primary amides is 1. The number of carboxylic acid groups (broad SMARTS) is 1. The fraction of sp³-hybridized carbons (Fsp3) is 0.455. The van der Waals surface area contributed by atoms with Crippen molar-refractivity contribution in [3.8, 4) is 0 Å². The van der Waals surface area contributed by atoms with E-state index in [1.807, 2.05) is 24.3 Å². The molecule has 1 aromatic carbocycles. The highest BCUT2D eigenvalue weighted by Gasteiger charge is 2.29. The van der Waals surface area contributed by atoms with Crippen molar-refractivity contribution in [1.82, 2.24) is 20.9 Å². The van der Waals surface area contributed by atoms with E-state index in [-0.39, 0.29) is 31.7 Å². The number of benzene rings is 1. The number of carbonyl (C=O) groups is 4. The Hall–Kier alpha value is -3.60. The van der Waals surface area contributed by atoms with Crippen LogP contribution in [-0.4, -0.2) is 58.6 Å². The van der Waals surface area contributed by atoms with Gasteiger partial charge in [-0.25, -0.2) is 9.59 Å². The maximum atomic E-state index is 13.1. The number of aromatic amines is 1. The number of carboxylic acids is 1. The van der Waals surface area contributed by atoms with Gasteiger partial charge >= 0.3 is 12.0 Å². The number of para-hydroxylation sites is 1. The first-order valence-electron chi connectivity index (χ1n) is 10.8. The Labute approximate surface area is 191 Å². The van der Waals surface area contributed by atoms with Gasteiger partial charge in [0.25, 0.3) is 0 Å². The Kier molecular flexibility index (Phi) is 9.22. The van der Waals surface area contributed by atoms with Gasteiger partial charge in [-0.3, -0.25) is 9.59 Å². The van der Waals surface area contributed by atoms with E-state index in [2.05, 4.69) is 20.9 Å². The normalized spacial score (nSPS) is 13.8. The highest BCUT2D eigenvalue weighted by molar-refractivity contribution is 5.93. The van der Waals surface area contributed by atoms with Crippen LogP contribution in [0.2, 0.25) is 0 Å². The number of carbonyl (C=O) groups excluding carboxylic acids is 3. The average molecular weight is 461 g/mol. The third-order valence-corrected chi connectivity index (χ3v) is 5.34. The number of hydrogen-bond donors (Lipinski definition) is 7. The lowest BCUT2D eigenvalue weighted by atomic mass is 10.0. The smallest absolute Gasteiger partial charge is 0.326 e. The Balaban J connectivity index is 2.17. The molecule has 0 aliphatic rings. The van der Waals surface area contributed by atoms with Crippen LogP contribution in [0.25, 0.3) is 10.9 Å². The molecule has 1 aromatic heterocycles. The molecule has 1 heterocycles. The first-order valence-corrected chi connectivity index (χ1v) is 10.8. The summed E-state index contributed by atoms with van der Waals surface area (Å²) in [6, 6.07) is 3.75. The minimum absolute atomic E-state index is 0.0701. The number of nitrogens with one attached hydrogen (secondary N) is 4. The molecule has 180 valence electrons. The first-order chi connectivity index (χ1) is 15.6. The summed E-state index contributed by atoms with van der Waals surface area (Å²) >= 11 is 0. The van der Waals surface area contributed by atoms with Crippen molar-refractivity contribution in [2.24, 2.45) is 17.4 Å². The molecule has 4 amide bonds. The van der Waals surface area contributed by atoms with E-state index in [4.69, 9.17) is 11.5 Å². The van der Waals surface area contributed by atoms with Crippen molar-refractivity contribution in [3.63, 3.8) is 0 Å². The van der Waals surface area contributed by atoms with Crippen molar-refractivity contribution in [2.75, 3.05) is 6.54 Å². The highest BCUT2D eigenvalue weighted by atomic mass is 16.4. The predicted molar refractivity (Wildman–Crippen MR) is 123 cm³/mol. The van der Waals surface area contributed by atoms with E-state index in [9.17, 15) is 24.3 Å². The van der Waals surface area contributed by atoms with Crippen LogP contribution >= 0.6 is 0 Å². The van der Waals surface area contributed by atoms with Gasteiger partial charge in [-0.2, -0.15) is 0 Å². The summed E-state index contributed by atoms with van der Waals surface area (Å²) in [5.41, 5.74) is 12.6. The standard InChI is InChI=1S/C22H32N6O5/c1-12(2)18(23)20(30)28-17(10-13-11-26-15-7-4-3-6-14(13)15)19(29)27-16(21(31)32)8-5-9-25-22(24)33/h3-4,6-7,11-12,16-18,26H,5,8-10,23H2,1-2H3,(H,27,29)(H,28,30)(H,31,32)(H3,24,25,33)/t16-,17-,18+/m0/s1. The molecule has 3 atom stereocenters. The molecule has 0 aliphatic heterocycles. The molecule has 0 bridgehead atoms. The number of amides is 4. The number of urea groups is 1. The van der Waals surface area contributed by atoms with Crippen molar-refractivity contribution >= 4 is 34.7 Å². The van der Waals surface area contributed by atoms with E-state index in [1.54, 1.807) is 20.0 Å². The summed E-state index contributed by atoms with van der Waals surface area (Å²) in [5, 5.41) is 17.9. The maximum Gasteiger partial charge on any atom is 0.326 e. The highest BCUT2D eigenvalue weighted by Crippen LogP contribution is 2.19. The fourth-order valence-electron chi connectivity index (χ4n) is 3.35. The van der Waals surface area contributed by atoms with Crippen LogP contribution in [0.1, 0.15) is 32.3 Å². The fourth-order valence-corrected chi connectivity index (χ4v) is 3.35. The molecular formula is C22H32N6O5. The molecule has 33 heavy (non-hydrogen) atoms. The van der Waals surface area contributed by atoms with Gasteiger partial charge in [0.2, 0.25) is 11.8 Å². The summed E-state index contributed by atoms with van der Waals surface area (Å²) < 4.78 is 0. The van der Waals surface area contributed by atoms with Gasteiger partial charge in [0, 0.05) is 30.1 Å². The molecule has 0 spiro atoms. The van der Waals surface area contributed by atoms with Gasteiger partial charge in [-0.1, -0.05) is 32.0 Å². The third kappa shape index (κ3) is 7.49. The van der Waals surface area contributed by atoms with Crippen LogP contribution in [-0.2, 0) is 20.8 Å². The molecule has 0 fully saturated rings. The Morgan fingerprint density at radius 2 is 1.73 bits per heavy atom. The van der Waals surface area contributed by atoms with Gasteiger partial charge in [-0.15, -0.1) is 0 Å². The van der Waals surface area contributed by atoms with Crippen molar-refractivity contribution in [3.05, 3.63) is 36.0 Å². The zero-order valence-electron chi connectivity index (χ0n) is 18.8. The van der Waals surface area contributed by atoms with Crippen LogP contribution in [0.15, 0.2) is 30.5 Å². The molecule has 0 aliphatic carbocycles. The SMILES string of the molecule is CC(C)[C@@H](N)C(=O)N[C@@H](Cc1c[nH]c2ccccc12)C(=O)N[C@@H](CCCNC(N)=O)C(=O)O. The number of hydrogen-bond acceptors (Lipinski definition) is 5. The van der Waals surface area contributed by atoms with Crippen molar-refractivity contribution in [1.29, 1.82) is 0 Å². The van der Waals surface area contributed by atoms with Gasteiger partial charge < -0.3 is 37.5 Å². The van der Waals surface area contributed by atoms with Crippen LogP contribution < -0.4 is 27.4 Å². The van der Waals surface area contributed by atoms with E-state index in [0.29, 0.717) is 0 Å². The molecule has 0 saturated heterocycles. The quantitative estimate of drug-likeness (QED) is 0.221. The Morgan fingerprint density at radius 1 is 1.06 bits per heavy atom. The lowest BCUT2D eigenvalue weighted by Crippen LogP contribution is -2.56. The second-order valence-corrected chi connectivity index (χ2v) is 8.23. The van der Waals surface area contributed by atoms with E-state index >= 15 is 0 Å². The molecule has 2 rings (SSSR count). The zero-order valence-corrected chi connectivity index (χ0v) is 18.8.